The predicted octanol–water partition coefficient (Wildman–Crippen LogP) is 1.17. The van der Waals surface area contributed by atoms with Gasteiger partial charge in [0.25, 0.3) is 5.91 Å². The fourth-order valence-electron chi connectivity index (χ4n) is 2.28. The Hall–Kier alpha value is -1.93. The summed E-state index contributed by atoms with van der Waals surface area (Å²) in [6.07, 6.45) is 3.73. The van der Waals surface area contributed by atoms with Gasteiger partial charge in [-0.1, -0.05) is 0 Å². The second-order valence-corrected chi connectivity index (χ2v) is 4.68. The van der Waals surface area contributed by atoms with Crippen molar-refractivity contribution >= 4 is 5.91 Å². The third-order valence-corrected chi connectivity index (χ3v) is 3.38. The molecule has 1 aliphatic rings. The van der Waals surface area contributed by atoms with Crippen LogP contribution in [0, 0.1) is 11.3 Å². The van der Waals surface area contributed by atoms with Crippen LogP contribution in [0.5, 0.6) is 0 Å². The first-order chi connectivity index (χ1) is 9.24. The highest BCUT2D eigenvalue weighted by Gasteiger charge is 2.21. The van der Waals surface area contributed by atoms with Crippen molar-refractivity contribution in [2.24, 2.45) is 0 Å². The maximum absolute atomic E-state index is 12.3. The lowest BCUT2D eigenvalue weighted by Crippen LogP contribution is -2.41. The number of carbonyl (C=O) groups excluding carboxylic acids is 1. The minimum Gasteiger partial charge on any atom is -0.336 e. The molecule has 1 aromatic rings. The number of likely N-dealkylation sites (N-methyl/N-ethyl adjacent to an activating group) is 1. The second-order valence-electron chi connectivity index (χ2n) is 4.68. The quantitative estimate of drug-likeness (QED) is 0.880. The van der Waals surface area contributed by atoms with Crippen LogP contribution in [0.3, 0.4) is 0 Å². The molecule has 0 radical (unpaired) electrons. The zero-order chi connectivity index (χ0) is 13.7. The molecular formula is C14H18N4O. The molecule has 0 aliphatic carbocycles. The highest BCUT2D eigenvalue weighted by molar-refractivity contribution is 5.92. The molecule has 2 heterocycles. The lowest BCUT2D eigenvalue weighted by molar-refractivity contribution is 0.0745. The van der Waals surface area contributed by atoms with E-state index in [-0.39, 0.29) is 5.91 Å². The van der Waals surface area contributed by atoms with Crippen molar-refractivity contribution in [1.29, 1.82) is 5.26 Å². The van der Waals surface area contributed by atoms with Crippen LogP contribution in [0.1, 0.15) is 35.8 Å². The van der Waals surface area contributed by atoms with Crippen LogP contribution >= 0.6 is 0 Å². The number of pyridine rings is 1. The summed E-state index contributed by atoms with van der Waals surface area (Å²) in [6, 6.07) is 5.63. The number of nitriles is 1. The van der Waals surface area contributed by atoms with E-state index < -0.39 is 0 Å². The molecule has 19 heavy (non-hydrogen) atoms. The molecule has 0 spiro atoms. The lowest BCUT2D eigenvalue weighted by Gasteiger charge is -2.24. The Balaban J connectivity index is 2.04. The van der Waals surface area contributed by atoms with Gasteiger partial charge >= 0.3 is 0 Å². The Morgan fingerprint density at radius 3 is 3.00 bits per heavy atom. The molecule has 0 bridgehead atoms. The number of nitrogens with one attached hydrogen (secondary N) is 1. The van der Waals surface area contributed by atoms with Crippen LogP contribution in [0.4, 0.5) is 0 Å². The predicted molar refractivity (Wildman–Crippen MR) is 71.6 cm³/mol. The van der Waals surface area contributed by atoms with E-state index in [1.165, 1.54) is 12.6 Å². The molecule has 1 saturated heterocycles. The fraction of sp³-hybridized carbons (Fsp3) is 0.500. The average molecular weight is 258 g/mol. The van der Waals surface area contributed by atoms with Crippen LogP contribution < -0.4 is 5.32 Å². The first-order valence-corrected chi connectivity index (χ1v) is 6.63. The smallest absolute Gasteiger partial charge is 0.272 e. The summed E-state index contributed by atoms with van der Waals surface area (Å²) in [5.74, 6) is -0.0688. The van der Waals surface area contributed by atoms with E-state index in [9.17, 15) is 4.79 Å². The SMILES string of the molecule is CCN(CC1CCCN1)C(=O)c1ccc(C#N)cn1. The van der Waals surface area contributed by atoms with E-state index in [0.29, 0.717) is 23.8 Å². The van der Waals surface area contributed by atoms with Crippen molar-refractivity contribution < 1.29 is 4.79 Å². The van der Waals surface area contributed by atoms with Crippen molar-refractivity contribution in [2.45, 2.75) is 25.8 Å². The molecule has 1 aliphatic heterocycles. The Morgan fingerprint density at radius 1 is 1.63 bits per heavy atom. The van der Waals surface area contributed by atoms with E-state index in [4.69, 9.17) is 5.26 Å². The molecule has 1 fully saturated rings. The number of aromatic nitrogens is 1. The average Bonchev–Trinajstić information content (AvgIpc) is 2.97. The van der Waals surface area contributed by atoms with Crippen LogP contribution in [0.2, 0.25) is 0 Å². The van der Waals surface area contributed by atoms with Crippen LogP contribution in [-0.2, 0) is 0 Å². The van der Waals surface area contributed by atoms with Gasteiger partial charge in [0.15, 0.2) is 0 Å². The van der Waals surface area contributed by atoms with Gasteiger partial charge in [-0.2, -0.15) is 5.26 Å². The molecule has 1 unspecified atom stereocenters. The van der Waals surface area contributed by atoms with Gasteiger partial charge in [-0.15, -0.1) is 0 Å². The number of nitrogens with zero attached hydrogens (tertiary/aromatic N) is 3. The summed E-state index contributed by atoms with van der Waals surface area (Å²) in [7, 11) is 0. The molecule has 0 saturated carbocycles. The van der Waals surface area contributed by atoms with E-state index in [2.05, 4.69) is 10.3 Å². The Morgan fingerprint density at radius 2 is 2.47 bits per heavy atom. The highest BCUT2D eigenvalue weighted by atomic mass is 16.2. The maximum atomic E-state index is 12.3. The number of amides is 1. The van der Waals surface area contributed by atoms with E-state index in [0.717, 1.165) is 19.5 Å². The summed E-state index contributed by atoms with van der Waals surface area (Å²) in [5, 5.41) is 12.1. The zero-order valence-electron chi connectivity index (χ0n) is 11.1. The summed E-state index contributed by atoms with van der Waals surface area (Å²) in [6.45, 7) is 4.39. The molecule has 1 N–H and O–H groups in total. The van der Waals surface area contributed by atoms with Crippen molar-refractivity contribution in [3.63, 3.8) is 0 Å². The van der Waals surface area contributed by atoms with E-state index in [1.807, 2.05) is 13.0 Å². The topological polar surface area (TPSA) is 69.0 Å². The Labute approximate surface area is 113 Å². The van der Waals surface area contributed by atoms with Gasteiger partial charge in [-0.3, -0.25) is 4.79 Å². The zero-order valence-corrected chi connectivity index (χ0v) is 11.1. The number of hydrogen-bond acceptors (Lipinski definition) is 4. The first-order valence-electron chi connectivity index (χ1n) is 6.63. The number of carbonyl (C=O) groups is 1. The molecule has 5 heteroatoms. The van der Waals surface area contributed by atoms with Crippen LogP contribution in [0.25, 0.3) is 0 Å². The van der Waals surface area contributed by atoms with Gasteiger partial charge in [0.2, 0.25) is 0 Å². The minimum atomic E-state index is -0.0688. The molecule has 100 valence electrons. The summed E-state index contributed by atoms with van der Waals surface area (Å²) in [4.78, 5) is 18.2. The molecule has 5 nitrogen and oxygen atoms in total. The minimum absolute atomic E-state index is 0.0688. The first kappa shape index (κ1) is 13.5. The van der Waals surface area contributed by atoms with Gasteiger partial charge in [-0.05, 0) is 38.4 Å². The van der Waals surface area contributed by atoms with E-state index >= 15 is 0 Å². The Kier molecular flexibility index (Phi) is 4.48. The fourth-order valence-corrected chi connectivity index (χ4v) is 2.28. The maximum Gasteiger partial charge on any atom is 0.272 e. The van der Waals surface area contributed by atoms with E-state index in [1.54, 1.807) is 17.0 Å². The van der Waals surface area contributed by atoms with Gasteiger partial charge in [0.1, 0.15) is 11.8 Å². The van der Waals surface area contributed by atoms with Crippen LogP contribution in [0.15, 0.2) is 18.3 Å². The Bertz CT molecular complexity index is 471. The molecule has 1 aromatic heterocycles. The van der Waals surface area contributed by atoms with Crippen molar-refractivity contribution in [1.82, 2.24) is 15.2 Å². The molecule has 1 atom stereocenters. The standard InChI is InChI=1S/C14H18N4O/c1-2-18(10-12-4-3-7-16-12)14(19)13-6-5-11(8-15)9-17-13/h5-6,9,12,16H,2-4,7,10H2,1H3. The molecule has 1 amide bonds. The van der Waals surface area contributed by atoms with Crippen LogP contribution in [-0.4, -0.2) is 41.5 Å². The normalized spacial score (nSPS) is 18.0. The highest BCUT2D eigenvalue weighted by Crippen LogP contribution is 2.09. The third-order valence-electron chi connectivity index (χ3n) is 3.38. The lowest BCUT2D eigenvalue weighted by atomic mass is 10.2. The summed E-state index contributed by atoms with van der Waals surface area (Å²) < 4.78 is 0. The summed E-state index contributed by atoms with van der Waals surface area (Å²) >= 11 is 0. The number of rotatable bonds is 4. The van der Waals surface area contributed by atoms with Gasteiger partial charge < -0.3 is 10.2 Å². The third kappa shape index (κ3) is 3.30. The van der Waals surface area contributed by atoms with Crippen molar-refractivity contribution in [3.8, 4) is 6.07 Å². The monoisotopic (exact) mass is 258 g/mol. The number of hydrogen-bond donors (Lipinski definition) is 1. The van der Waals surface area contributed by atoms with Gasteiger partial charge in [0, 0.05) is 25.3 Å². The second kappa shape index (κ2) is 6.30. The summed E-state index contributed by atoms with van der Waals surface area (Å²) in [5.41, 5.74) is 0.871. The molecular weight excluding hydrogens is 240 g/mol. The largest absolute Gasteiger partial charge is 0.336 e. The molecule has 0 aromatic carbocycles. The molecule has 2 rings (SSSR count). The van der Waals surface area contributed by atoms with Crippen molar-refractivity contribution in [2.75, 3.05) is 19.6 Å². The van der Waals surface area contributed by atoms with Crippen molar-refractivity contribution in [3.05, 3.63) is 29.6 Å². The van der Waals surface area contributed by atoms with Gasteiger partial charge in [0.05, 0.1) is 5.56 Å². The van der Waals surface area contributed by atoms with Gasteiger partial charge in [-0.25, -0.2) is 4.98 Å².